The lowest BCUT2D eigenvalue weighted by molar-refractivity contribution is -0.149. The minimum Gasteiger partial charge on any atom is -0.435 e. The quantitative estimate of drug-likeness (QED) is 0.424. The summed E-state index contributed by atoms with van der Waals surface area (Å²) in [6.45, 7) is 8.13. The second kappa shape index (κ2) is 26.8. The predicted octanol–water partition coefficient (Wildman–Crippen LogP) is 3.57. The highest BCUT2D eigenvalue weighted by Gasteiger charge is 1.99. The molecule has 0 heterocycles. The van der Waals surface area contributed by atoms with Gasteiger partial charge in [-0.1, -0.05) is 42.9 Å². The van der Waals surface area contributed by atoms with Crippen molar-refractivity contribution in [2.24, 2.45) is 0 Å². The molecule has 0 aromatic heterocycles. The lowest BCUT2D eigenvalue weighted by atomic mass is 10.4. The van der Waals surface area contributed by atoms with Gasteiger partial charge in [0.1, 0.15) is 0 Å². The number of methoxy groups -OCH3 is 2. The predicted molar refractivity (Wildman–Crippen MR) is 87.9 cm³/mol. The molecule has 0 aromatic carbocycles. The van der Waals surface area contributed by atoms with E-state index in [4.69, 9.17) is 0 Å². The van der Waals surface area contributed by atoms with Crippen LogP contribution in [-0.2, 0) is 28.5 Å². The first-order valence-electron chi connectivity index (χ1n) is 4.59. The van der Waals surface area contributed by atoms with Gasteiger partial charge in [-0.3, -0.25) is 0 Å². The maximum Gasteiger partial charge on any atom is 0.335 e. The molecule has 0 atom stereocenters. The zero-order valence-corrected chi connectivity index (χ0v) is 10.4. The first kappa shape index (κ1) is 36.6. The molecule has 21 heavy (non-hydrogen) atoms. The minimum atomic E-state index is -0.466. The number of carbonyl (C=O) groups excluding carboxylic acids is 2. The molecule has 0 unspecified atom stereocenters. The second-order valence-electron chi connectivity index (χ2n) is 2.69. The third-order valence-corrected chi connectivity index (χ3v) is 1.14. The monoisotopic (exact) mass is 310 g/mol. The van der Waals surface area contributed by atoms with Crippen molar-refractivity contribution >= 4 is 11.9 Å². The van der Waals surface area contributed by atoms with Gasteiger partial charge in [-0.2, -0.15) is 0 Å². The lowest BCUT2D eigenvalue weighted by Gasteiger charge is -1.99. The lowest BCUT2D eigenvalue weighted by Crippen LogP contribution is -2.06. The Morgan fingerprint density at radius 1 is 0.952 bits per heavy atom. The largest absolute Gasteiger partial charge is 0.435 e. The van der Waals surface area contributed by atoms with Crippen LogP contribution in [0.4, 0.5) is 0 Å². The van der Waals surface area contributed by atoms with Crippen molar-refractivity contribution in [3.63, 3.8) is 0 Å². The summed E-state index contributed by atoms with van der Waals surface area (Å²) >= 11 is 0. The van der Waals surface area contributed by atoms with E-state index in [-0.39, 0.29) is 43.3 Å². The van der Waals surface area contributed by atoms with Crippen LogP contribution in [0, 0.1) is 0 Å². The third-order valence-electron chi connectivity index (χ3n) is 1.14. The number of rotatable bonds is 6. The van der Waals surface area contributed by atoms with E-state index in [0.717, 1.165) is 6.08 Å². The average Bonchev–Trinajstić information content (AvgIpc) is 2.33. The Hall–Kier alpha value is -1.66. The maximum absolute atomic E-state index is 10.5. The number of carbonyl (C=O) groups is 2. The fourth-order valence-electron chi connectivity index (χ4n) is 0.412. The molecule has 0 amide bonds. The Morgan fingerprint density at radius 2 is 1.33 bits per heavy atom. The van der Waals surface area contributed by atoms with Crippen molar-refractivity contribution in [1.82, 2.24) is 0 Å². The molecular formula is C15H34O6. The van der Waals surface area contributed by atoms with Crippen LogP contribution in [-0.4, -0.2) is 39.7 Å². The minimum absolute atomic E-state index is 0. The molecule has 0 aliphatic heterocycles. The summed E-state index contributed by atoms with van der Waals surface area (Å²) in [6, 6.07) is 0. The molecule has 0 saturated carbocycles. The smallest absolute Gasteiger partial charge is 0.335 e. The van der Waals surface area contributed by atoms with E-state index in [1.165, 1.54) is 14.2 Å². The van der Waals surface area contributed by atoms with Gasteiger partial charge in [-0.25, -0.2) is 9.59 Å². The van der Waals surface area contributed by atoms with Gasteiger partial charge in [-0.15, -0.1) is 0 Å². The van der Waals surface area contributed by atoms with Gasteiger partial charge >= 0.3 is 11.9 Å². The van der Waals surface area contributed by atoms with Gasteiger partial charge < -0.3 is 18.9 Å². The van der Waals surface area contributed by atoms with Crippen molar-refractivity contribution in [2.45, 2.75) is 36.6 Å². The van der Waals surface area contributed by atoms with E-state index in [1.54, 1.807) is 6.92 Å². The van der Waals surface area contributed by atoms with Crippen LogP contribution in [0.2, 0.25) is 0 Å². The molecule has 0 aliphatic carbocycles. The molecule has 130 valence electrons. The van der Waals surface area contributed by atoms with Crippen molar-refractivity contribution in [1.29, 1.82) is 0 Å². The van der Waals surface area contributed by atoms with Gasteiger partial charge in [0.15, 0.2) is 13.6 Å². The topological polar surface area (TPSA) is 71.1 Å². The van der Waals surface area contributed by atoms with Crippen molar-refractivity contribution in [3.8, 4) is 0 Å². The van der Waals surface area contributed by atoms with Gasteiger partial charge in [0, 0.05) is 25.9 Å². The van der Waals surface area contributed by atoms with Crippen LogP contribution >= 0.6 is 0 Å². The van der Waals surface area contributed by atoms with Gasteiger partial charge in [-0.05, 0) is 6.92 Å². The first-order chi connectivity index (χ1) is 7.99. The molecule has 6 nitrogen and oxygen atoms in total. The number of hydrogen-bond acceptors (Lipinski definition) is 6. The molecule has 0 fully saturated rings. The van der Waals surface area contributed by atoms with E-state index >= 15 is 0 Å². The van der Waals surface area contributed by atoms with E-state index in [9.17, 15) is 9.59 Å². The highest BCUT2D eigenvalue weighted by Crippen LogP contribution is 1.90. The molecule has 0 saturated heterocycles. The van der Waals surface area contributed by atoms with Crippen molar-refractivity contribution < 1.29 is 28.5 Å². The average molecular weight is 310 g/mol. The van der Waals surface area contributed by atoms with E-state index in [2.05, 4.69) is 32.1 Å². The van der Waals surface area contributed by atoms with Crippen LogP contribution in [0.1, 0.15) is 36.6 Å². The summed E-state index contributed by atoms with van der Waals surface area (Å²) in [7, 11) is 2.89. The molecule has 0 spiro atoms. The Kier molecular flexibility index (Phi) is 46.7. The summed E-state index contributed by atoms with van der Waals surface area (Å²) in [6.07, 6.45) is 1.08. The Morgan fingerprint density at radius 3 is 1.62 bits per heavy atom. The summed E-state index contributed by atoms with van der Waals surface area (Å²) in [5.41, 5.74) is 0.382. The first-order valence-corrected chi connectivity index (χ1v) is 4.59. The molecule has 0 rings (SSSR count). The molecule has 0 radical (unpaired) electrons. The standard InChI is InChI=1S/C6H10O3.C5H8O3.4CH4/c1-5(2)6(7)9-4-8-3;1-3-5(6)8-4-7-2;;;;/h1,4H2,2-3H3;3H,1,4H2,2H3;4*1H4. The number of ether oxygens (including phenoxy) is 4. The fraction of sp³-hybridized carbons (Fsp3) is 0.600. The Balaban J connectivity index is -0.0000000452. The highest BCUT2D eigenvalue weighted by molar-refractivity contribution is 5.86. The SMILES string of the molecule is C.C.C.C.C=C(C)C(=O)OCOC.C=CC(=O)OCOC. The Labute approximate surface area is 130 Å². The Bertz CT molecular complexity index is 261. The van der Waals surface area contributed by atoms with Crippen molar-refractivity contribution in [3.05, 3.63) is 24.8 Å². The number of esters is 2. The molecule has 0 aromatic rings. The summed E-state index contributed by atoms with van der Waals surface area (Å²) in [4.78, 5) is 20.7. The molecule has 6 heteroatoms. The second-order valence-corrected chi connectivity index (χ2v) is 2.69. The van der Waals surface area contributed by atoms with Crippen molar-refractivity contribution in [2.75, 3.05) is 27.8 Å². The van der Waals surface area contributed by atoms with E-state index in [1.807, 2.05) is 0 Å². The van der Waals surface area contributed by atoms with Gasteiger partial charge in [0.2, 0.25) is 0 Å². The molecule has 0 aliphatic rings. The fourth-order valence-corrected chi connectivity index (χ4v) is 0.412. The molecule has 0 bridgehead atoms. The zero-order valence-electron chi connectivity index (χ0n) is 10.4. The zero-order chi connectivity index (χ0) is 13.7. The third kappa shape index (κ3) is 32.2. The summed E-state index contributed by atoms with van der Waals surface area (Å²) in [5, 5.41) is 0. The summed E-state index contributed by atoms with van der Waals surface area (Å²) in [5.74, 6) is -0.885. The van der Waals surface area contributed by atoms with Crippen LogP contribution in [0.3, 0.4) is 0 Å². The van der Waals surface area contributed by atoms with Gasteiger partial charge in [0.05, 0.1) is 0 Å². The molecular weight excluding hydrogens is 276 g/mol. The van der Waals surface area contributed by atoms with Crippen LogP contribution in [0.5, 0.6) is 0 Å². The number of hydrogen-bond donors (Lipinski definition) is 0. The van der Waals surface area contributed by atoms with Crippen LogP contribution in [0.15, 0.2) is 24.8 Å². The normalized spacial score (nSPS) is 6.81. The van der Waals surface area contributed by atoms with Gasteiger partial charge in [0.25, 0.3) is 0 Å². The maximum atomic E-state index is 10.5. The van der Waals surface area contributed by atoms with Crippen LogP contribution < -0.4 is 0 Å². The van der Waals surface area contributed by atoms with E-state index in [0.29, 0.717) is 5.57 Å². The van der Waals surface area contributed by atoms with Crippen LogP contribution in [0.25, 0.3) is 0 Å². The molecule has 0 N–H and O–H groups in total. The highest BCUT2D eigenvalue weighted by atomic mass is 16.7. The summed E-state index contributed by atoms with van der Waals surface area (Å²) < 4.78 is 17.8. The van der Waals surface area contributed by atoms with E-state index < -0.39 is 11.9 Å².